The second kappa shape index (κ2) is 6.37. The van der Waals surface area contributed by atoms with E-state index < -0.39 is 23.6 Å². The van der Waals surface area contributed by atoms with Gasteiger partial charge in [0.15, 0.2) is 11.6 Å². The lowest BCUT2D eigenvalue weighted by Crippen LogP contribution is -2.07. The summed E-state index contributed by atoms with van der Waals surface area (Å²) in [4.78, 5) is 0. The molecule has 0 radical (unpaired) electrons. The van der Waals surface area contributed by atoms with Crippen LogP contribution < -0.4 is 4.74 Å². The summed E-state index contributed by atoms with van der Waals surface area (Å²) in [5, 5.41) is 9.62. The Morgan fingerprint density at radius 3 is 2.57 bits per heavy atom. The van der Waals surface area contributed by atoms with Crippen LogP contribution in [0.4, 0.5) is 13.2 Å². The minimum atomic E-state index is -1.40. The second-order valence-electron chi connectivity index (χ2n) is 4.44. The van der Waals surface area contributed by atoms with Crippen molar-refractivity contribution in [3.05, 3.63) is 63.9 Å². The lowest BCUT2D eigenvalue weighted by atomic mass is 10.00. The van der Waals surface area contributed by atoms with E-state index in [9.17, 15) is 18.3 Å². The van der Waals surface area contributed by atoms with Crippen LogP contribution in [0, 0.1) is 17.5 Å². The second-order valence-corrected chi connectivity index (χ2v) is 4.85. The number of benzene rings is 2. The highest BCUT2D eigenvalue weighted by atomic mass is 35.5. The Kier molecular flexibility index (Phi) is 4.75. The molecule has 21 heavy (non-hydrogen) atoms. The molecule has 0 aliphatic carbocycles. The van der Waals surface area contributed by atoms with Gasteiger partial charge in [0.2, 0.25) is 0 Å². The van der Waals surface area contributed by atoms with Gasteiger partial charge in [-0.15, -0.1) is 0 Å². The predicted molar refractivity (Wildman–Crippen MR) is 73.0 cm³/mol. The van der Waals surface area contributed by atoms with E-state index in [0.717, 1.165) is 12.1 Å². The first-order chi connectivity index (χ1) is 9.93. The largest absolute Gasteiger partial charge is 0.494 e. The Morgan fingerprint density at radius 1 is 1.19 bits per heavy atom. The van der Waals surface area contributed by atoms with Gasteiger partial charge in [-0.25, -0.2) is 13.2 Å². The van der Waals surface area contributed by atoms with Gasteiger partial charge in [-0.05, 0) is 23.8 Å². The SMILES string of the molecule is COc1cccc(CC(O)c2cc(F)c(Cl)cc2F)c1F. The van der Waals surface area contributed by atoms with Crippen molar-refractivity contribution >= 4 is 11.6 Å². The number of hydrogen-bond acceptors (Lipinski definition) is 2. The third kappa shape index (κ3) is 3.31. The molecule has 0 saturated heterocycles. The summed E-state index contributed by atoms with van der Waals surface area (Å²) in [5.41, 5.74) is -0.143. The fourth-order valence-electron chi connectivity index (χ4n) is 1.98. The highest BCUT2D eigenvalue weighted by Crippen LogP contribution is 2.28. The standard InChI is InChI=1S/C15H12ClF3O2/c1-21-14-4-2-3-8(15(14)19)5-13(20)9-6-12(18)10(16)7-11(9)17/h2-4,6-7,13,20H,5H2,1H3. The maximum Gasteiger partial charge on any atom is 0.168 e. The fourth-order valence-corrected chi connectivity index (χ4v) is 2.13. The number of methoxy groups -OCH3 is 1. The predicted octanol–water partition coefficient (Wildman–Crippen LogP) is 4.04. The van der Waals surface area contributed by atoms with E-state index in [1.807, 2.05) is 0 Å². The average Bonchev–Trinajstić information content (AvgIpc) is 2.45. The highest BCUT2D eigenvalue weighted by molar-refractivity contribution is 6.30. The van der Waals surface area contributed by atoms with Gasteiger partial charge in [0.05, 0.1) is 18.2 Å². The summed E-state index contributed by atoms with van der Waals surface area (Å²) in [6.45, 7) is 0. The number of ether oxygens (including phenoxy) is 1. The molecule has 1 unspecified atom stereocenters. The molecule has 0 fully saturated rings. The van der Waals surface area contributed by atoms with Crippen LogP contribution in [0.1, 0.15) is 17.2 Å². The van der Waals surface area contributed by atoms with Crippen LogP contribution in [-0.2, 0) is 6.42 Å². The molecule has 0 bridgehead atoms. The van der Waals surface area contributed by atoms with E-state index in [1.165, 1.54) is 19.2 Å². The van der Waals surface area contributed by atoms with E-state index >= 15 is 0 Å². The normalized spacial score (nSPS) is 12.3. The molecule has 0 amide bonds. The summed E-state index contributed by atoms with van der Waals surface area (Å²) in [5.74, 6) is -2.33. The Bertz CT molecular complexity index is 662. The van der Waals surface area contributed by atoms with Gasteiger partial charge in [-0.2, -0.15) is 0 Å². The van der Waals surface area contributed by atoms with Crippen molar-refractivity contribution in [2.45, 2.75) is 12.5 Å². The quantitative estimate of drug-likeness (QED) is 0.863. The van der Waals surface area contributed by atoms with Crippen LogP contribution in [0.15, 0.2) is 30.3 Å². The van der Waals surface area contributed by atoms with Crippen LogP contribution in [0.25, 0.3) is 0 Å². The first kappa shape index (κ1) is 15.7. The molecule has 0 spiro atoms. The summed E-state index contributed by atoms with van der Waals surface area (Å²) in [6.07, 6.45) is -1.63. The summed E-state index contributed by atoms with van der Waals surface area (Å²) in [7, 11) is 1.31. The van der Waals surface area contributed by atoms with Gasteiger partial charge in [0.25, 0.3) is 0 Å². The van der Waals surface area contributed by atoms with Crippen molar-refractivity contribution in [3.63, 3.8) is 0 Å². The Balaban J connectivity index is 2.30. The molecule has 2 nitrogen and oxygen atoms in total. The number of halogens is 4. The Hall–Kier alpha value is -1.72. The zero-order valence-corrected chi connectivity index (χ0v) is 11.8. The maximum atomic E-state index is 14.0. The highest BCUT2D eigenvalue weighted by Gasteiger charge is 2.19. The van der Waals surface area contributed by atoms with Crippen molar-refractivity contribution in [3.8, 4) is 5.75 Å². The molecule has 2 aromatic carbocycles. The first-order valence-corrected chi connectivity index (χ1v) is 6.45. The zero-order valence-electron chi connectivity index (χ0n) is 11.0. The number of rotatable bonds is 4. The Labute approximate surface area is 124 Å². The molecule has 6 heteroatoms. The fraction of sp³-hybridized carbons (Fsp3) is 0.200. The monoisotopic (exact) mass is 316 g/mol. The average molecular weight is 317 g/mol. The maximum absolute atomic E-state index is 14.0. The van der Waals surface area contributed by atoms with E-state index in [-0.39, 0.29) is 28.3 Å². The van der Waals surface area contributed by atoms with Gasteiger partial charge in [-0.3, -0.25) is 0 Å². The molecule has 112 valence electrons. The molecule has 1 N–H and O–H groups in total. The van der Waals surface area contributed by atoms with Crippen molar-refractivity contribution in [2.24, 2.45) is 0 Å². The van der Waals surface area contributed by atoms with Gasteiger partial charge in [0.1, 0.15) is 11.6 Å². The lowest BCUT2D eigenvalue weighted by molar-refractivity contribution is 0.171. The third-order valence-corrected chi connectivity index (χ3v) is 3.36. The van der Waals surface area contributed by atoms with Crippen LogP contribution in [0.2, 0.25) is 5.02 Å². The molecule has 0 aliphatic rings. The van der Waals surface area contributed by atoms with Crippen LogP contribution in [0.3, 0.4) is 0 Å². The van der Waals surface area contributed by atoms with Gasteiger partial charge in [-0.1, -0.05) is 23.7 Å². The van der Waals surface area contributed by atoms with Crippen LogP contribution >= 0.6 is 11.6 Å². The van der Waals surface area contributed by atoms with Crippen molar-refractivity contribution in [1.82, 2.24) is 0 Å². The summed E-state index contributed by atoms with van der Waals surface area (Å²) < 4.78 is 45.8. The number of aliphatic hydroxyl groups is 1. The third-order valence-electron chi connectivity index (χ3n) is 3.08. The molecule has 0 heterocycles. The van der Waals surface area contributed by atoms with E-state index in [2.05, 4.69) is 0 Å². The lowest BCUT2D eigenvalue weighted by Gasteiger charge is -2.14. The van der Waals surface area contributed by atoms with E-state index in [0.29, 0.717) is 0 Å². The van der Waals surface area contributed by atoms with E-state index in [1.54, 1.807) is 6.07 Å². The summed E-state index contributed by atoms with van der Waals surface area (Å²) >= 11 is 5.44. The van der Waals surface area contributed by atoms with Gasteiger partial charge < -0.3 is 9.84 Å². The van der Waals surface area contributed by atoms with Gasteiger partial charge >= 0.3 is 0 Å². The van der Waals surface area contributed by atoms with Crippen molar-refractivity contribution < 1.29 is 23.0 Å². The minimum absolute atomic E-state index is 0.0162. The number of hydrogen-bond donors (Lipinski definition) is 1. The Morgan fingerprint density at radius 2 is 1.90 bits per heavy atom. The molecule has 1 atom stereocenters. The molecule has 2 aromatic rings. The number of aliphatic hydroxyl groups excluding tert-OH is 1. The molecule has 0 saturated carbocycles. The molecule has 0 aromatic heterocycles. The van der Waals surface area contributed by atoms with Crippen LogP contribution in [-0.4, -0.2) is 12.2 Å². The zero-order chi connectivity index (χ0) is 15.6. The molecular weight excluding hydrogens is 305 g/mol. The van der Waals surface area contributed by atoms with Gasteiger partial charge in [0, 0.05) is 12.0 Å². The van der Waals surface area contributed by atoms with Crippen LogP contribution in [0.5, 0.6) is 5.75 Å². The molecule has 0 aliphatic heterocycles. The molecular formula is C15H12ClF3O2. The van der Waals surface area contributed by atoms with Crippen molar-refractivity contribution in [1.29, 1.82) is 0 Å². The minimum Gasteiger partial charge on any atom is -0.494 e. The topological polar surface area (TPSA) is 29.5 Å². The molecule has 2 rings (SSSR count). The summed E-state index contributed by atoms with van der Waals surface area (Å²) in [6, 6.07) is 5.99. The van der Waals surface area contributed by atoms with Crippen molar-refractivity contribution in [2.75, 3.05) is 7.11 Å². The van der Waals surface area contributed by atoms with E-state index in [4.69, 9.17) is 16.3 Å². The first-order valence-electron chi connectivity index (χ1n) is 6.08. The smallest absolute Gasteiger partial charge is 0.168 e.